The van der Waals surface area contributed by atoms with E-state index in [-0.39, 0.29) is 22.7 Å². The summed E-state index contributed by atoms with van der Waals surface area (Å²) in [4.78, 5) is 14.6. The van der Waals surface area contributed by atoms with Crippen LogP contribution in [0.3, 0.4) is 0 Å². The largest absolute Gasteiger partial charge is 0.497 e. The Bertz CT molecular complexity index is 1250. The van der Waals surface area contributed by atoms with Crippen molar-refractivity contribution in [2.75, 3.05) is 24.5 Å². The zero-order valence-corrected chi connectivity index (χ0v) is 21.4. The lowest BCUT2D eigenvalue weighted by Gasteiger charge is -2.29. The van der Waals surface area contributed by atoms with Gasteiger partial charge < -0.3 is 9.84 Å². The normalized spacial score (nSPS) is 11.5. The number of rotatable bonds is 11. The lowest BCUT2D eigenvalue weighted by atomic mass is 10.0. The average Bonchev–Trinajstić information content (AvgIpc) is 2.86. The van der Waals surface area contributed by atoms with E-state index >= 15 is 0 Å². The molecule has 0 fully saturated rings. The fourth-order valence-corrected chi connectivity index (χ4v) is 5.59. The van der Waals surface area contributed by atoms with Crippen LogP contribution in [0.5, 0.6) is 5.75 Å². The van der Waals surface area contributed by atoms with Gasteiger partial charge >= 0.3 is 5.97 Å². The number of nitrogens with zero attached hydrogens (tertiary/aromatic N) is 2. The summed E-state index contributed by atoms with van der Waals surface area (Å²) in [6, 6.07) is 18.7. The molecule has 0 aliphatic heterocycles. The first-order chi connectivity index (χ1) is 16.7. The van der Waals surface area contributed by atoms with E-state index in [4.69, 9.17) is 4.74 Å². The maximum Gasteiger partial charge on any atom is 0.337 e. The van der Waals surface area contributed by atoms with Gasteiger partial charge in [-0.1, -0.05) is 50.2 Å². The van der Waals surface area contributed by atoms with Gasteiger partial charge in [0.1, 0.15) is 5.75 Å². The monoisotopic (exact) mass is 496 g/mol. The molecule has 186 valence electrons. The van der Waals surface area contributed by atoms with Crippen LogP contribution >= 0.6 is 0 Å². The first-order valence-electron chi connectivity index (χ1n) is 11.5. The number of anilines is 1. The minimum atomic E-state index is -4.10. The Kier molecular flexibility index (Phi) is 8.53. The maximum absolute atomic E-state index is 13.9. The summed E-state index contributed by atoms with van der Waals surface area (Å²) >= 11 is 0. The molecular formula is C27H32N2O5S. The van der Waals surface area contributed by atoms with Gasteiger partial charge in [0, 0.05) is 6.54 Å². The number of carbonyl (C=O) groups is 1. The van der Waals surface area contributed by atoms with Gasteiger partial charge in [-0.05, 0) is 67.0 Å². The molecule has 3 rings (SSSR count). The molecular weight excluding hydrogens is 464 g/mol. The summed E-state index contributed by atoms with van der Waals surface area (Å²) in [5.41, 5.74) is 2.28. The first kappa shape index (κ1) is 26.2. The molecule has 0 aliphatic carbocycles. The van der Waals surface area contributed by atoms with Crippen molar-refractivity contribution in [2.24, 2.45) is 0 Å². The molecule has 35 heavy (non-hydrogen) atoms. The van der Waals surface area contributed by atoms with E-state index < -0.39 is 16.0 Å². The highest BCUT2D eigenvalue weighted by atomic mass is 32.2. The number of hydrogen-bond acceptors (Lipinski definition) is 5. The van der Waals surface area contributed by atoms with Crippen molar-refractivity contribution in [3.8, 4) is 5.75 Å². The summed E-state index contributed by atoms with van der Waals surface area (Å²) in [5.74, 6) is -0.644. The van der Waals surface area contributed by atoms with Crippen LogP contribution in [-0.4, -0.2) is 44.6 Å². The predicted octanol–water partition coefficient (Wildman–Crippen LogP) is 4.94. The molecule has 0 radical (unpaired) electrons. The van der Waals surface area contributed by atoms with Crippen molar-refractivity contribution in [2.45, 2.75) is 38.8 Å². The van der Waals surface area contributed by atoms with Gasteiger partial charge in [0.2, 0.25) is 0 Å². The second-order valence-corrected chi connectivity index (χ2v) is 10.1. The second kappa shape index (κ2) is 11.4. The molecule has 0 aliphatic rings. The lowest BCUT2D eigenvalue weighted by molar-refractivity contribution is 0.0697. The smallest absolute Gasteiger partial charge is 0.337 e. The zero-order valence-electron chi connectivity index (χ0n) is 20.6. The van der Waals surface area contributed by atoms with E-state index in [1.54, 1.807) is 25.1 Å². The fourth-order valence-electron chi connectivity index (χ4n) is 4.05. The summed E-state index contributed by atoms with van der Waals surface area (Å²) in [6.45, 7) is 8.08. The highest BCUT2D eigenvalue weighted by Crippen LogP contribution is 2.34. The number of methoxy groups -OCH3 is 1. The molecule has 0 atom stereocenters. The molecule has 0 heterocycles. The van der Waals surface area contributed by atoms with E-state index in [1.165, 1.54) is 23.5 Å². The van der Waals surface area contributed by atoms with Gasteiger partial charge in [0.25, 0.3) is 10.0 Å². The van der Waals surface area contributed by atoms with Crippen LogP contribution in [0.4, 0.5) is 5.69 Å². The molecule has 0 saturated carbocycles. The van der Waals surface area contributed by atoms with Gasteiger partial charge in [0.15, 0.2) is 0 Å². The summed E-state index contributed by atoms with van der Waals surface area (Å²) in [5, 5.41) is 10.1. The summed E-state index contributed by atoms with van der Waals surface area (Å²) < 4.78 is 34.2. The number of hydrogen-bond donors (Lipinski definition) is 1. The lowest BCUT2D eigenvalue weighted by Crippen LogP contribution is -2.33. The SMILES string of the molecule is CCN(CC)Cc1cc(C)c(N(Cc2ccccc2)S(=O)(=O)c2ccc(OC)cc2)c(C(=O)O)c1. The third kappa shape index (κ3) is 6.01. The molecule has 8 heteroatoms. The first-order valence-corrected chi connectivity index (χ1v) is 12.9. The standard InChI is InChI=1S/C27H32N2O5S/c1-5-28(6-2)18-22-16-20(3)26(25(17-22)27(30)31)29(19-21-10-8-7-9-11-21)35(32,33)24-14-12-23(34-4)13-15-24/h7-17H,5-6,18-19H2,1-4H3,(H,30,31). The van der Waals surface area contributed by atoms with Crippen LogP contribution in [0.2, 0.25) is 0 Å². The van der Waals surface area contributed by atoms with Crippen molar-refractivity contribution in [1.29, 1.82) is 0 Å². The average molecular weight is 497 g/mol. The number of carboxylic acid groups (broad SMARTS) is 1. The third-order valence-corrected chi connectivity index (χ3v) is 7.72. The van der Waals surface area contributed by atoms with Gasteiger partial charge in [-0.25, -0.2) is 13.2 Å². The van der Waals surface area contributed by atoms with Crippen LogP contribution in [-0.2, 0) is 23.1 Å². The Morgan fingerprint density at radius 1 is 0.914 bits per heavy atom. The third-order valence-electron chi connectivity index (χ3n) is 5.96. The van der Waals surface area contributed by atoms with Crippen LogP contribution in [0.15, 0.2) is 71.6 Å². The number of benzene rings is 3. The molecule has 0 amide bonds. The Hall–Kier alpha value is -3.36. The van der Waals surface area contributed by atoms with E-state index in [0.29, 0.717) is 17.9 Å². The number of sulfonamides is 1. The van der Waals surface area contributed by atoms with Crippen LogP contribution in [0.25, 0.3) is 0 Å². The van der Waals surface area contributed by atoms with E-state index in [0.717, 1.165) is 24.2 Å². The van der Waals surface area contributed by atoms with Gasteiger partial charge in [-0.3, -0.25) is 9.21 Å². The fraction of sp³-hybridized carbons (Fsp3) is 0.296. The van der Waals surface area contributed by atoms with Gasteiger partial charge in [-0.15, -0.1) is 0 Å². The number of ether oxygens (including phenoxy) is 1. The van der Waals surface area contributed by atoms with E-state index in [9.17, 15) is 18.3 Å². The Morgan fingerprint density at radius 2 is 1.54 bits per heavy atom. The predicted molar refractivity (Wildman–Crippen MR) is 138 cm³/mol. The quantitative estimate of drug-likeness (QED) is 0.405. The van der Waals surface area contributed by atoms with Crippen molar-refractivity contribution in [3.63, 3.8) is 0 Å². The van der Waals surface area contributed by atoms with Gasteiger partial charge in [-0.2, -0.15) is 0 Å². The van der Waals surface area contributed by atoms with E-state index in [1.807, 2.05) is 50.2 Å². The number of carboxylic acids is 1. The topological polar surface area (TPSA) is 87.2 Å². The van der Waals surface area contributed by atoms with Crippen LogP contribution in [0, 0.1) is 6.92 Å². The van der Waals surface area contributed by atoms with Crippen LogP contribution < -0.4 is 9.04 Å². The summed E-state index contributed by atoms with van der Waals surface area (Å²) in [6.07, 6.45) is 0. The Labute approximate surface area is 207 Å². The molecule has 0 bridgehead atoms. The molecule has 0 spiro atoms. The molecule has 3 aromatic rings. The molecule has 0 unspecified atom stereocenters. The van der Waals surface area contributed by atoms with Crippen molar-refractivity contribution in [1.82, 2.24) is 4.90 Å². The minimum absolute atomic E-state index is 0.00822. The molecule has 0 aromatic heterocycles. The molecule has 1 N–H and O–H groups in total. The molecule has 3 aromatic carbocycles. The number of aryl methyl sites for hydroxylation is 1. The Morgan fingerprint density at radius 3 is 2.09 bits per heavy atom. The highest BCUT2D eigenvalue weighted by Gasteiger charge is 2.30. The molecule has 0 saturated heterocycles. The second-order valence-electron chi connectivity index (χ2n) is 8.25. The zero-order chi connectivity index (χ0) is 25.6. The van der Waals surface area contributed by atoms with Crippen LogP contribution in [0.1, 0.15) is 40.9 Å². The van der Waals surface area contributed by atoms with Crippen molar-refractivity contribution >= 4 is 21.7 Å². The highest BCUT2D eigenvalue weighted by molar-refractivity contribution is 7.92. The van der Waals surface area contributed by atoms with Crippen molar-refractivity contribution < 1.29 is 23.1 Å². The number of aromatic carboxylic acids is 1. The van der Waals surface area contributed by atoms with Crippen molar-refractivity contribution in [3.05, 3.63) is 89.0 Å². The summed E-state index contributed by atoms with van der Waals surface area (Å²) in [7, 11) is -2.59. The molecule has 7 nitrogen and oxygen atoms in total. The van der Waals surface area contributed by atoms with Gasteiger partial charge in [0.05, 0.1) is 29.8 Å². The Balaban J connectivity index is 2.19. The maximum atomic E-state index is 13.9. The van der Waals surface area contributed by atoms with E-state index in [2.05, 4.69) is 4.90 Å². The minimum Gasteiger partial charge on any atom is -0.497 e.